The van der Waals surface area contributed by atoms with Gasteiger partial charge in [0, 0.05) is 18.9 Å². The first kappa shape index (κ1) is 31.1. The number of aliphatic hydroxyl groups excluding tert-OH is 1. The van der Waals surface area contributed by atoms with Crippen molar-refractivity contribution in [3.8, 4) is 0 Å². The lowest BCUT2D eigenvalue weighted by atomic mass is 10.1. The van der Waals surface area contributed by atoms with Crippen LogP contribution in [-0.2, 0) is 18.6 Å². The molecule has 4 rings (SSSR count). The molecule has 2 heterocycles. The van der Waals surface area contributed by atoms with Crippen LogP contribution in [-0.4, -0.2) is 67.2 Å². The Morgan fingerprint density at radius 1 is 0.976 bits per heavy atom. The molecule has 1 aromatic heterocycles. The van der Waals surface area contributed by atoms with Gasteiger partial charge in [0.1, 0.15) is 18.3 Å². The Bertz CT molecular complexity index is 1380. The van der Waals surface area contributed by atoms with E-state index < -0.39 is 49.7 Å². The first-order valence-electron chi connectivity index (χ1n) is 13.9. The maximum atomic E-state index is 12.9. The third-order valence-corrected chi connectivity index (χ3v) is 12.8. The van der Waals surface area contributed by atoms with Crippen LogP contribution in [0.25, 0.3) is 0 Å². The first-order chi connectivity index (χ1) is 19.3. The molecule has 3 aromatic rings. The highest BCUT2D eigenvalue weighted by atomic mass is 28.4. The zero-order chi connectivity index (χ0) is 30.0. The summed E-state index contributed by atoms with van der Waals surface area (Å²) in [5.41, 5.74) is -1.43. The molecule has 9 nitrogen and oxygen atoms in total. The van der Waals surface area contributed by atoms with Crippen LogP contribution in [0.15, 0.2) is 76.4 Å². The molecule has 0 saturated carbocycles. The monoisotopic (exact) mass is 582 g/mol. The first-order valence-corrected chi connectivity index (χ1v) is 15.8. The molecule has 0 radical (unpaired) electrons. The van der Waals surface area contributed by atoms with Gasteiger partial charge >= 0.3 is 5.69 Å². The number of nitrogens with zero attached hydrogens (tertiary/aromatic N) is 1. The molecule has 1 aliphatic rings. The molecule has 0 spiro atoms. The number of aromatic amines is 1. The van der Waals surface area contributed by atoms with Gasteiger partial charge in [0.15, 0.2) is 6.23 Å². The Labute approximate surface area is 242 Å². The van der Waals surface area contributed by atoms with Crippen molar-refractivity contribution in [1.29, 1.82) is 0 Å². The molecule has 0 bridgehead atoms. The number of H-pyrrole nitrogens is 1. The predicted molar refractivity (Wildman–Crippen MR) is 160 cm³/mol. The highest BCUT2D eigenvalue weighted by Crippen LogP contribution is 2.38. The van der Waals surface area contributed by atoms with E-state index in [0.29, 0.717) is 5.56 Å². The lowest BCUT2D eigenvalue weighted by Crippen LogP contribution is -2.67. The summed E-state index contributed by atoms with van der Waals surface area (Å²) < 4.78 is 26.3. The molecule has 2 N–H and O–H groups in total. The van der Waals surface area contributed by atoms with E-state index in [1.807, 2.05) is 50.2 Å². The summed E-state index contributed by atoms with van der Waals surface area (Å²) in [4.78, 5) is 27.2. The minimum absolute atomic E-state index is 0.0650. The number of nitrogens with one attached hydrogen (secondary N) is 1. The minimum atomic E-state index is -2.92. The molecule has 1 aliphatic heterocycles. The van der Waals surface area contributed by atoms with Crippen LogP contribution < -0.4 is 21.6 Å². The van der Waals surface area contributed by atoms with Crippen LogP contribution in [0, 0.1) is 6.92 Å². The minimum Gasteiger partial charge on any atom is -0.405 e. The second-order valence-corrected chi connectivity index (χ2v) is 16.6. The van der Waals surface area contributed by atoms with Crippen molar-refractivity contribution in [2.75, 3.05) is 20.3 Å². The Morgan fingerprint density at radius 3 is 2.05 bits per heavy atom. The summed E-state index contributed by atoms with van der Waals surface area (Å²) in [6.07, 6.45) is -2.41. The van der Waals surface area contributed by atoms with Gasteiger partial charge < -0.3 is 23.7 Å². The van der Waals surface area contributed by atoms with Crippen molar-refractivity contribution in [2.45, 2.75) is 76.7 Å². The van der Waals surface area contributed by atoms with Crippen molar-refractivity contribution >= 4 is 18.7 Å². The van der Waals surface area contributed by atoms with Gasteiger partial charge in [0.05, 0.1) is 18.8 Å². The van der Waals surface area contributed by atoms with E-state index in [-0.39, 0.29) is 18.3 Å². The van der Waals surface area contributed by atoms with E-state index in [1.165, 1.54) is 10.8 Å². The summed E-state index contributed by atoms with van der Waals surface area (Å²) in [5.74, 6) is 0. The van der Waals surface area contributed by atoms with Crippen LogP contribution in [0.4, 0.5) is 0 Å². The molecule has 0 amide bonds. The molecular weight excluding hydrogens is 540 g/mol. The number of methoxy groups -OCH3 is 1. The van der Waals surface area contributed by atoms with Gasteiger partial charge in [-0.2, -0.15) is 0 Å². The fourth-order valence-corrected chi connectivity index (χ4v) is 9.93. The average Bonchev–Trinajstić information content (AvgIpc) is 3.25. The van der Waals surface area contributed by atoms with E-state index in [9.17, 15) is 14.7 Å². The summed E-state index contributed by atoms with van der Waals surface area (Å²) in [6.45, 7) is 12.1. The Balaban J connectivity index is 1.72. The molecule has 1 fully saturated rings. The normalized spacial score (nSPS) is 21.8. The molecule has 2 aromatic carbocycles. The summed E-state index contributed by atoms with van der Waals surface area (Å²) in [6, 6.07) is 20.4. The van der Waals surface area contributed by atoms with Gasteiger partial charge in [-0.1, -0.05) is 81.4 Å². The molecule has 41 heavy (non-hydrogen) atoms. The molecule has 1 unspecified atom stereocenters. The van der Waals surface area contributed by atoms with E-state index in [0.717, 1.165) is 10.4 Å². The summed E-state index contributed by atoms with van der Waals surface area (Å²) >= 11 is 0. The van der Waals surface area contributed by atoms with Crippen LogP contribution >= 0.6 is 0 Å². The third kappa shape index (κ3) is 6.33. The van der Waals surface area contributed by atoms with Gasteiger partial charge in [0.25, 0.3) is 13.9 Å². The third-order valence-electron chi connectivity index (χ3n) is 7.79. The highest BCUT2D eigenvalue weighted by Gasteiger charge is 2.53. The van der Waals surface area contributed by atoms with E-state index in [4.69, 9.17) is 18.6 Å². The largest absolute Gasteiger partial charge is 0.405 e. The number of rotatable bonds is 10. The van der Waals surface area contributed by atoms with Gasteiger partial charge in [-0.3, -0.25) is 14.3 Å². The Kier molecular flexibility index (Phi) is 9.22. The second-order valence-electron chi connectivity index (χ2n) is 12.2. The highest BCUT2D eigenvalue weighted by molar-refractivity contribution is 6.99. The summed E-state index contributed by atoms with van der Waals surface area (Å²) in [5, 5.41) is 13.5. The van der Waals surface area contributed by atoms with Crippen LogP contribution in [0.2, 0.25) is 5.04 Å². The Morgan fingerprint density at radius 2 is 1.54 bits per heavy atom. The standard InChI is InChI=1S/C31H42N2O7Si/c1-21-18-33(29(36)32-27(21)35)28-26(38-20-31(5,6)37-7)25(34)24(40-28)19-39-41(30(2,3)4,22-14-10-8-11-15-22)23-16-12-9-13-17-23/h8-18,24-26,28,34H,19-20H2,1-7H3,(H,32,35,36)/t24-,25?,26+,28-/m1/s1. The number of aromatic nitrogens is 2. The zero-order valence-electron chi connectivity index (χ0n) is 24.9. The zero-order valence-corrected chi connectivity index (χ0v) is 25.9. The maximum Gasteiger partial charge on any atom is 0.330 e. The van der Waals surface area contributed by atoms with Crippen molar-refractivity contribution in [3.63, 3.8) is 0 Å². The molecule has 10 heteroatoms. The number of aryl methyl sites for hydroxylation is 1. The lowest BCUT2D eigenvalue weighted by Gasteiger charge is -2.43. The second kappa shape index (κ2) is 12.2. The fourth-order valence-electron chi connectivity index (χ4n) is 5.36. The SMILES string of the molecule is COC(C)(C)CO[C@H]1C(O)[C@@H](CO[Si](c2ccccc2)(c2ccccc2)C(C)(C)C)O[C@H]1n1cc(C)c(=O)[nH]c1=O. The van der Waals surface area contributed by atoms with Crippen LogP contribution in [0.3, 0.4) is 0 Å². The van der Waals surface area contributed by atoms with Gasteiger partial charge in [-0.25, -0.2) is 4.79 Å². The molecule has 4 atom stereocenters. The smallest absolute Gasteiger partial charge is 0.330 e. The van der Waals surface area contributed by atoms with Crippen LogP contribution in [0.5, 0.6) is 0 Å². The maximum absolute atomic E-state index is 12.9. The number of aliphatic hydroxyl groups is 1. The number of ether oxygens (including phenoxy) is 3. The molecule has 1 saturated heterocycles. The summed E-state index contributed by atoms with van der Waals surface area (Å²) in [7, 11) is -1.34. The fraction of sp³-hybridized carbons (Fsp3) is 0.484. The molecular formula is C31H42N2O7Si. The molecule has 0 aliphatic carbocycles. The van der Waals surface area contributed by atoms with Gasteiger partial charge in [0.2, 0.25) is 0 Å². The van der Waals surface area contributed by atoms with Gasteiger partial charge in [-0.05, 0) is 36.2 Å². The number of benzene rings is 2. The average molecular weight is 583 g/mol. The van der Waals surface area contributed by atoms with Crippen molar-refractivity contribution in [3.05, 3.63) is 93.3 Å². The van der Waals surface area contributed by atoms with E-state index in [2.05, 4.69) is 50.0 Å². The number of hydrogen-bond acceptors (Lipinski definition) is 7. The van der Waals surface area contributed by atoms with Crippen molar-refractivity contribution in [2.24, 2.45) is 0 Å². The van der Waals surface area contributed by atoms with Gasteiger partial charge in [-0.15, -0.1) is 0 Å². The number of hydrogen-bond donors (Lipinski definition) is 2. The predicted octanol–water partition coefficient (Wildman–Crippen LogP) is 2.49. The van der Waals surface area contributed by atoms with E-state index >= 15 is 0 Å². The van der Waals surface area contributed by atoms with Crippen molar-refractivity contribution < 1.29 is 23.7 Å². The quantitative estimate of drug-likeness (QED) is 0.353. The Hall–Kier alpha value is -2.86. The van der Waals surface area contributed by atoms with E-state index in [1.54, 1.807) is 14.0 Å². The topological polar surface area (TPSA) is 112 Å². The van der Waals surface area contributed by atoms with Crippen LogP contribution in [0.1, 0.15) is 46.4 Å². The lowest BCUT2D eigenvalue weighted by molar-refractivity contribution is -0.120. The molecule has 222 valence electrons. The van der Waals surface area contributed by atoms with Crippen molar-refractivity contribution in [1.82, 2.24) is 9.55 Å².